The van der Waals surface area contributed by atoms with E-state index >= 15 is 0 Å². The highest BCUT2D eigenvalue weighted by Gasteiger charge is 2.22. The fourth-order valence-corrected chi connectivity index (χ4v) is 3.77. The SMILES string of the molecule is CC(=O)Oc1ccc(C)cc1[C@H](CCN(C(C)C)C(C)C)c1ccccc1.Cl. The molecule has 0 amide bonds. The van der Waals surface area contributed by atoms with Crippen LogP contribution in [-0.4, -0.2) is 29.5 Å². The summed E-state index contributed by atoms with van der Waals surface area (Å²) in [6, 6.07) is 17.6. The summed E-state index contributed by atoms with van der Waals surface area (Å²) >= 11 is 0. The fourth-order valence-electron chi connectivity index (χ4n) is 3.77. The summed E-state index contributed by atoms with van der Waals surface area (Å²) in [5.74, 6) is 0.570. The van der Waals surface area contributed by atoms with Gasteiger partial charge in [0.2, 0.25) is 0 Å². The van der Waals surface area contributed by atoms with Gasteiger partial charge in [-0.2, -0.15) is 0 Å². The van der Waals surface area contributed by atoms with Gasteiger partial charge in [0, 0.05) is 30.5 Å². The van der Waals surface area contributed by atoms with E-state index in [-0.39, 0.29) is 24.3 Å². The summed E-state index contributed by atoms with van der Waals surface area (Å²) in [5, 5.41) is 0. The van der Waals surface area contributed by atoms with Crippen LogP contribution in [0.3, 0.4) is 0 Å². The summed E-state index contributed by atoms with van der Waals surface area (Å²) in [5.41, 5.74) is 3.51. The monoisotopic (exact) mass is 403 g/mol. The molecule has 0 fully saturated rings. The standard InChI is InChI=1S/C24H33NO2.ClH/c1-17(2)25(18(3)4)15-14-22(21-10-8-7-9-11-21)23-16-19(5)12-13-24(23)27-20(6)26;/h7-13,16-18,22H,14-15H2,1-6H3;1H/t22-;/m1./s1. The molecule has 0 heterocycles. The van der Waals surface area contributed by atoms with Crippen molar-refractivity contribution in [3.05, 3.63) is 65.2 Å². The van der Waals surface area contributed by atoms with Gasteiger partial charge in [-0.05, 0) is 59.2 Å². The van der Waals surface area contributed by atoms with Crippen molar-refractivity contribution < 1.29 is 9.53 Å². The summed E-state index contributed by atoms with van der Waals surface area (Å²) in [6.45, 7) is 13.5. The van der Waals surface area contributed by atoms with E-state index in [1.54, 1.807) is 0 Å². The highest BCUT2D eigenvalue weighted by atomic mass is 35.5. The smallest absolute Gasteiger partial charge is 0.308 e. The Balaban J connectivity index is 0.00000392. The highest BCUT2D eigenvalue weighted by molar-refractivity contribution is 5.85. The van der Waals surface area contributed by atoms with Crippen LogP contribution in [0.1, 0.15) is 63.6 Å². The van der Waals surface area contributed by atoms with Crippen LogP contribution < -0.4 is 4.74 Å². The van der Waals surface area contributed by atoms with E-state index in [2.05, 4.69) is 69.9 Å². The van der Waals surface area contributed by atoms with Crippen LogP contribution in [0.4, 0.5) is 0 Å². The number of hydrogen-bond acceptors (Lipinski definition) is 3. The number of nitrogens with zero attached hydrogens (tertiary/aromatic N) is 1. The Morgan fingerprint density at radius 3 is 2.14 bits per heavy atom. The number of carbonyl (C=O) groups is 1. The van der Waals surface area contributed by atoms with Crippen LogP contribution in [0.2, 0.25) is 0 Å². The average molecular weight is 404 g/mol. The van der Waals surface area contributed by atoms with Gasteiger partial charge in [0.15, 0.2) is 0 Å². The summed E-state index contributed by atoms with van der Waals surface area (Å²) < 4.78 is 5.55. The molecule has 0 aliphatic heterocycles. The Bertz CT molecular complexity index is 736. The molecule has 3 nitrogen and oxygen atoms in total. The van der Waals surface area contributed by atoms with Crippen LogP contribution in [0, 0.1) is 6.92 Å². The van der Waals surface area contributed by atoms with Crippen molar-refractivity contribution in [3.63, 3.8) is 0 Å². The maximum absolute atomic E-state index is 11.6. The zero-order chi connectivity index (χ0) is 20.0. The van der Waals surface area contributed by atoms with Crippen LogP contribution in [0.15, 0.2) is 48.5 Å². The molecule has 154 valence electrons. The highest BCUT2D eigenvalue weighted by Crippen LogP contribution is 2.35. The van der Waals surface area contributed by atoms with Gasteiger partial charge < -0.3 is 4.74 Å². The molecule has 4 heteroatoms. The maximum Gasteiger partial charge on any atom is 0.308 e. The molecule has 0 radical (unpaired) electrons. The van der Waals surface area contributed by atoms with Crippen molar-refractivity contribution in [2.24, 2.45) is 0 Å². The lowest BCUT2D eigenvalue weighted by molar-refractivity contribution is -0.131. The van der Waals surface area contributed by atoms with E-state index in [9.17, 15) is 4.79 Å². The van der Waals surface area contributed by atoms with E-state index in [1.807, 2.05) is 18.2 Å². The molecule has 28 heavy (non-hydrogen) atoms. The lowest BCUT2D eigenvalue weighted by Gasteiger charge is -2.32. The molecule has 0 spiro atoms. The van der Waals surface area contributed by atoms with Gasteiger partial charge >= 0.3 is 5.97 Å². The molecule has 2 aromatic carbocycles. The largest absolute Gasteiger partial charge is 0.426 e. The second-order valence-corrected chi connectivity index (χ2v) is 7.81. The predicted octanol–water partition coefficient (Wildman–Crippen LogP) is 5.98. The molecule has 0 bridgehead atoms. The second kappa shape index (κ2) is 11.2. The minimum absolute atomic E-state index is 0. The molecule has 0 unspecified atom stereocenters. The first kappa shape index (κ1) is 24.2. The lowest BCUT2D eigenvalue weighted by Crippen LogP contribution is -2.38. The molecule has 0 N–H and O–H groups in total. The zero-order valence-corrected chi connectivity index (χ0v) is 18.8. The van der Waals surface area contributed by atoms with Crippen LogP contribution >= 0.6 is 12.4 Å². The number of rotatable bonds is 8. The lowest BCUT2D eigenvalue weighted by atomic mass is 9.86. The van der Waals surface area contributed by atoms with Crippen molar-refractivity contribution in [1.29, 1.82) is 0 Å². The van der Waals surface area contributed by atoms with E-state index in [0.29, 0.717) is 17.8 Å². The van der Waals surface area contributed by atoms with Gasteiger partial charge in [0.25, 0.3) is 0 Å². The van der Waals surface area contributed by atoms with Crippen molar-refractivity contribution in [3.8, 4) is 5.75 Å². The first-order valence-corrected chi connectivity index (χ1v) is 9.89. The van der Waals surface area contributed by atoms with E-state index in [4.69, 9.17) is 4.74 Å². The Morgan fingerprint density at radius 1 is 1.00 bits per heavy atom. The molecule has 0 aliphatic rings. The van der Waals surface area contributed by atoms with Gasteiger partial charge in [-0.1, -0.05) is 48.0 Å². The zero-order valence-electron chi connectivity index (χ0n) is 17.9. The molecule has 1 atom stereocenters. The average Bonchev–Trinajstić information content (AvgIpc) is 2.60. The van der Waals surface area contributed by atoms with Crippen LogP contribution in [0.5, 0.6) is 5.75 Å². The minimum Gasteiger partial charge on any atom is -0.426 e. The first-order valence-electron chi connectivity index (χ1n) is 9.89. The van der Waals surface area contributed by atoms with E-state index < -0.39 is 0 Å². The number of benzene rings is 2. The summed E-state index contributed by atoms with van der Waals surface area (Å²) in [7, 11) is 0. The number of aryl methyl sites for hydroxylation is 1. The Hall–Kier alpha value is -1.84. The molecule has 0 aromatic heterocycles. The van der Waals surface area contributed by atoms with Gasteiger partial charge in [-0.3, -0.25) is 9.69 Å². The number of ether oxygens (including phenoxy) is 1. The third kappa shape index (κ3) is 6.65. The molecule has 0 saturated heterocycles. The van der Waals surface area contributed by atoms with E-state index in [0.717, 1.165) is 18.5 Å². The topological polar surface area (TPSA) is 29.5 Å². The molecule has 0 aliphatic carbocycles. The maximum atomic E-state index is 11.6. The van der Waals surface area contributed by atoms with Crippen molar-refractivity contribution >= 4 is 18.4 Å². The first-order chi connectivity index (χ1) is 12.8. The summed E-state index contributed by atoms with van der Waals surface area (Å²) in [4.78, 5) is 14.1. The molecular weight excluding hydrogens is 370 g/mol. The molecule has 2 rings (SSSR count). The Morgan fingerprint density at radius 2 is 1.61 bits per heavy atom. The summed E-state index contributed by atoms with van der Waals surface area (Å²) in [6.07, 6.45) is 0.970. The van der Waals surface area contributed by atoms with Crippen molar-refractivity contribution in [2.75, 3.05) is 6.54 Å². The van der Waals surface area contributed by atoms with Gasteiger partial charge in [-0.25, -0.2) is 0 Å². The number of esters is 1. The number of hydrogen-bond donors (Lipinski definition) is 0. The minimum atomic E-state index is -0.280. The Labute approximate surface area is 176 Å². The van der Waals surface area contributed by atoms with Crippen LogP contribution in [-0.2, 0) is 4.79 Å². The Kier molecular flexibility index (Phi) is 9.71. The van der Waals surface area contributed by atoms with Gasteiger partial charge in [0.1, 0.15) is 5.75 Å². The number of carbonyl (C=O) groups excluding carboxylic acids is 1. The van der Waals surface area contributed by atoms with Crippen molar-refractivity contribution in [2.45, 2.75) is 66.0 Å². The van der Waals surface area contributed by atoms with Gasteiger partial charge in [-0.15, -0.1) is 12.4 Å². The molecule has 2 aromatic rings. The van der Waals surface area contributed by atoms with Crippen molar-refractivity contribution in [1.82, 2.24) is 4.90 Å². The third-order valence-electron chi connectivity index (χ3n) is 5.00. The molecular formula is C24H34ClNO2. The number of halogens is 1. The third-order valence-corrected chi connectivity index (χ3v) is 5.00. The predicted molar refractivity (Wildman–Crippen MR) is 120 cm³/mol. The van der Waals surface area contributed by atoms with Crippen LogP contribution in [0.25, 0.3) is 0 Å². The normalized spacial score (nSPS) is 12.2. The second-order valence-electron chi connectivity index (χ2n) is 7.81. The quantitative estimate of drug-likeness (QED) is 0.401. The molecule has 0 saturated carbocycles. The van der Waals surface area contributed by atoms with Gasteiger partial charge in [0.05, 0.1) is 0 Å². The fraction of sp³-hybridized carbons (Fsp3) is 0.458. The van der Waals surface area contributed by atoms with E-state index in [1.165, 1.54) is 18.1 Å².